The Morgan fingerprint density at radius 2 is 1.80 bits per heavy atom. The van der Waals surface area contributed by atoms with E-state index in [9.17, 15) is 9.59 Å². The van der Waals surface area contributed by atoms with Crippen LogP contribution >= 0.6 is 0 Å². The van der Waals surface area contributed by atoms with Gasteiger partial charge in [-0.2, -0.15) is 0 Å². The van der Waals surface area contributed by atoms with Gasteiger partial charge in [0.25, 0.3) is 0 Å². The molecule has 1 atom stereocenters. The molecular formula is C24H29N3O3. The van der Waals surface area contributed by atoms with E-state index < -0.39 is 0 Å². The van der Waals surface area contributed by atoms with Gasteiger partial charge in [-0.1, -0.05) is 30.3 Å². The molecule has 0 spiro atoms. The van der Waals surface area contributed by atoms with Crippen molar-refractivity contribution in [3.05, 3.63) is 60.2 Å². The van der Waals surface area contributed by atoms with Crippen molar-refractivity contribution >= 4 is 17.6 Å². The van der Waals surface area contributed by atoms with Crippen molar-refractivity contribution in [1.29, 1.82) is 0 Å². The third-order valence-electron chi connectivity index (χ3n) is 5.87. The molecule has 2 aliphatic rings. The Morgan fingerprint density at radius 3 is 2.47 bits per heavy atom. The molecule has 0 bridgehead atoms. The van der Waals surface area contributed by atoms with Crippen LogP contribution in [0.15, 0.2) is 54.6 Å². The minimum Gasteiger partial charge on any atom is -0.497 e. The molecule has 3 amide bonds. The highest BCUT2D eigenvalue weighted by molar-refractivity contribution is 5.90. The van der Waals surface area contributed by atoms with Gasteiger partial charge in [-0.3, -0.25) is 4.79 Å². The summed E-state index contributed by atoms with van der Waals surface area (Å²) in [5, 5.41) is 2.94. The molecule has 0 unspecified atom stereocenters. The van der Waals surface area contributed by atoms with Crippen LogP contribution in [0.3, 0.4) is 0 Å². The van der Waals surface area contributed by atoms with Crippen LogP contribution in [0.2, 0.25) is 0 Å². The molecule has 1 aliphatic heterocycles. The van der Waals surface area contributed by atoms with E-state index in [4.69, 9.17) is 4.74 Å². The van der Waals surface area contributed by atoms with E-state index in [1.54, 1.807) is 12.0 Å². The quantitative estimate of drug-likeness (QED) is 0.783. The SMILES string of the molecule is COc1ccc(CN(C(=O)[C@H]2CCCN(C(=O)Nc3ccccc3)C2)C2CC2)cc1. The van der Waals surface area contributed by atoms with Crippen molar-refractivity contribution in [3.63, 3.8) is 0 Å². The molecule has 2 aromatic carbocycles. The molecule has 0 radical (unpaired) electrons. The second kappa shape index (κ2) is 9.20. The average Bonchev–Trinajstić information content (AvgIpc) is 3.63. The summed E-state index contributed by atoms with van der Waals surface area (Å²) in [4.78, 5) is 29.9. The maximum absolute atomic E-state index is 13.4. The summed E-state index contributed by atoms with van der Waals surface area (Å²) in [5.41, 5.74) is 1.88. The van der Waals surface area contributed by atoms with Crippen LogP contribution in [0.4, 0.5) is 10.5 Å². The van der Waals surface area contributed by atoms with Crippen molar-refractivity contribution in [2.24, 2.45) is 5.92 Å². The fourth-order valence-corrected chi connectivity index (χ4v) is 4.02. The normalized spacial score (nSPS) is 18.6. The van der Waals surface area contributed by atoms with Gasteiger partial charge in [-0.15, -0.1) is 0 Å². The first-order valence-corrected chi connectivity index (χ1v) is 10.7. The number of hydrogen-bond donors (Lipinski definition) is 1. The Bertz CT molecular complexity index is 865. The van der Waals surface area contributed by atoms with E-state index in [-0.39, 0.29) is 17.9 Å². The molecule has 6 heteroatoms. The van der Waals surface area contributed by atoms with Crippen LogP contribution in [0, 0.1) is 5.92 Å². The summed E-state index contributed by atoms with van der Waals surface area (Å²) in [6, 6.07) is 17.5. The molecule has 1 saturated carbocycles. The van der Waals surface area contributed by atoms with E-state index in [1.807, 2.05) is 59.5 Å². The van der Waals surface area contributed by atoms with Crippen molar-refractivity contribution in [2.75, 3.05) is 25.5 Å². The first-order valence-electron chi connectivity index (χ1n) is 10.7. The molecule has 4 rings (SSSR count). The predicted octanol–water partition coefficient (Wildman–Crippen LogP) is 4.13. The van der Waals surface area contributed by atoms with Crippen LogP contribution in [0.1, 0.15) is 31.2 Å². The topological polar surface area (TPSA) is 61.9 Å². The monoisotopic (exact) mass is 407 g/mol. The fraction of sp³-hybridized carbons (Fsp3) is 0.417. The first-order chi connectivity index (χ1) is 14.6. The number of piperidine rings is 1. The number of benzene rings is 2. The van der Waals surface area contributed by atoms with Crippen LogP contribution in [0.25, 0.3) is 0 Å². The third-order valence-corrected chi connectivity index (χ3v) is 5.87. The molecule has 1 N–H and O–H groups in total. The third kappa shape index (κ3) is 4.93. The number of carbonyl (C=O) groups is 2. The summed E-state index contributed by atoms with van der Waals surface area (Å²) in [7, 11) is 1.65. The molecular weight excluding hydrogens is 378 g/mol. The molecule has 1 heterocycles. The van der Waals surface area contributed by atoms with Crippen LogP contribution in [-0.2, 0) is 11.3 Å². The number of ether oxygens (including phenoxy) is 1. The molecule has 2 aromatic rings. The summed E-state index contributed by atoms with van der Waals surface area (Å²) < 4.78 is 5.23. The smallest absolute Gasteiger partial charge is 0.321 e. The molecule has 0 aromatic heterocycles. The van der Waals surface area contributed by atoms with Gasteiger partial charge in [-0.05, 0) is 55.5 Å². The van der Waals surface area contributed by atoms with Gasteiger partial charge in [0.05, 0.1) is 13.0 Å². The van der Waals surface area contributed by atoms with E-state index in [0.29, 0.717) is 25.7 Å². The van der Waals surface area contributed by atoms with E-state index in [2.05, 4.69) is 5.32 Å². The number of rotatable bonds is 6. The predicted molar refractivity (Wildman–Crippen MR) is 116 cm³/mol. The number of amides is 3. The minimum atomic E-state index is -0.140. The number of likely N-dealkylation sites (tertiary alicyclic amines) is 1. The second-order valence-electron chi connectivity index (χ2n) is 8.13. The van der Waals surface area contributed by atoms with Crippen LogP contribution in [-0.4, -0.2) is 48.0 Å². The van der Waals surface area contributed by atoms with Crippen LogP contribution in [0.5, 0.6) is 5.75 Å². The largest absolute Gasteiger partial charge is 0.497 e. The zero-order chi connectivity index (χ0) is 20.9. The lowest BCUT2D eigenvalue weighted by molar-refractivity contribution is -0.138. The number of nitrogens with zero attached hydrogens (tertiary/aromatic N) is 2. The lowest BCUT2D eigenvalue weighted by Gasteiger charge is -2.35. The highest BCUT2D eigenvalue weighted by Crippen LogP contribution is 2.32. The molecule has 158 valence electrons. The molecule has 6 nitrogen and oxygen atoms in total. The number of hydrogen-bond acceptors (Lipinski definition) is 3. The Kier molecular flexibility index (Phi) is 6.21. The fourth-order valence-electron chi connectivity index (χ4n) is 4.02. The summed E-state index contributed by atoms with van der Waals surface area (Å²) in [6.07, 6.45) is 3.80. The Balaban J connectivity index is 1.39. The number of carbonyl (C=O) groups excluding carboxylic acids is 2. The summed E-state index contributed by atoms with van der Waals surface area (Å²) in [5.74, 6) is 0.847. The van der Waals surface area contributed by atoms with Crippen molar-refractivity contribution < 1.29 is 14.3 Å². The number of nitrogens with one attached hydrogen (secondary N) is 1. The molecule has 1 aliphatic carbocycles. The Morgan fingerprint density at radius 1 is 1.07 bits per heavy atom. The van der Waals surface area contributed by atoms with Gasteiger partial charge in [0, 0.05) is 31.4 Å². The van der Waals surface area contributed by atoms with Gasteiger partial charge in [0.2, 0.25) is 5.91 Å². The number of methoxy groups -OCH3 is 1. The Hall–Kier alpha value is -3.02. The molecule has 30 heavy (non-hydrogen) atoms. The second-order valence-corrected chi connectivity index (χ2v) is 8.13. The Labute approximate surface area is 177 Å². The molecule has 1 saturated heterocycles. The highest BCUT2D eigenvalue weighted by atomic mass is 16.5. The van der Waals surface area contributed by atoms with E-state index >= 15 is 0 Å². The average molecular weight is 408 g/mol. The first kappa shape index (κ1) is 20.3. The van der Waals surface area contributed by atoms with Crippen molar-refractivity contribution in [3.8, 4) is 5.75 Å². The maximum atomic E-state index is 13.4. The van der Waals surface area contributed by atoms with E-state index in [0.717, 1.165) is 42.7 Å². The van der Waals surface area contributed by atoms with Crippen molar-refractivity contribution in [2.45, 2.75) is 38.3 Å². The van der Waals surface area contributed by atoms with Crippen LogP contribution < -0.4 is 10.1 Å². The highest BCUT2D eigenvalue weighted by Gasteiger charge is 2.38. The van der Waals surface area contributed by atoms with Crippen molar-refractivity contribution in [1.82, 2.24) is 9.80 Å². The van der Waals surface area contributed by atoms with Gasteiger partial charge < -0.3 is 19.9 Å². The standard InChI is InChI=1S/C24H29N3O3/c1-30-22-13-9-18(10-14-22)16-27(21-11-12-21)23(28)19-6-5-15-26(17-19)24(29)25-20-7-3-2-4-8-20/h2-4,7-10,13-14,19,21H,5-6,11-12,15-17H2,1H3,(H,25,29)/t19-/m0/s1. The summed E-state index contributed by atoms with van der Waals surface area (Å²) in [6.45, 7) is 1.77. The zero-order valence-electron chi connectivity index (χ0n) is 17.4. The lowest BCUT2D eigenvalue weighted by Crippen LogP contribution is -2.48. The number of para-hydroxylation sites is 1. The number of anilines is 1. The van der Waals surface area contributed by atoms with Gasteiger partial charge >= 0.3 is 6.03 Å². The maximum Gasteiger partial charge on any atom is 0.321 e. The zero-order valence-corrected chi connectivity index (χ0v) is 17.4. The minimum absolute atomic E-state index is 0.133. The molecule has 2 fully saturated rings. The number of urea groups is 1. The van der Waals surface area contributed by atoms with Gasteiger partial charge in [0.15, 0.2) is 0 Å². The van der Waals surface area contributed by atoms with E-state index in [1.165, 1.54) is 0 Å². The lowest BCUT2D eigenvalue weighted by atomic mass is 9.96. The van der Waals surface area contributed by atoms with Gasteiger partial charge in [-0.25, -0.2) is 4.79 Å². The van der Waals surface area contributed by atoms with Gasteiger partial charge in [0.1, 0.15) is 5.75 Å². The summed E-state index contributed by atoms with van der Waals surface area (Å²) >= 11 is 0.